The maximum Gasteiger partial charge on any atom is 0.303 e. The lowest BCUT2D eigenvalue weighted by molar-refractivity contribution is -0.320. The van der Waals surface area contributed by atoms with E-state index in [0.29, 0.717) is 0 Å². The SMILES string of the molecule is CC(=O)O[C@@H]1[C@@H](OC(C)=O)[C@H](SC2c3ccccc3Oc3ccccc32)O[C@@H]2COC(c3ccccc3)O[C@@H]12. The Bertz CT molecular complexity index is 1300. The minimum absolute atomic E-state index is 0.189. The van der Waals surface area contributed by atoms with Gasteiger partial charge in [0.1, 0.15) is 29.1 Å². The molecule has 202 valence electrons. The summed E-state index contributed by atoms with van der Waals surface area (Å²) in [7, 11) is 0. The second-order valence-corrected chi connectivity index (χ2v) is 10.8. The number of carbonyl (C=O) groups excluding carboxylic acids is 2. The van der Waals surface area contributed by atoms with Crippen LogP contribution < -0.4 is 4.74 Å². The van der Waals surface area contributed by atoms with Crippen LogP contribution in [0.3, 0.4) is 0 Å². The summed E-state index contributed by atoms with van der Waals surface area (Å²) < 4.78 is 36.6. The van der Waals surface area contributed by atoms with E-state index in [-0.39, 0.29) is 11.9 Å². The van der Waals surface area contributed by atoms with E-state index in [9.17, 15) is 9.59 Å². The van der Waals surface area contributed by atoms with Crippen LogP contribution in [-0.4, -0.2) is 48.4 Å². The van der Waals surface area contributed by atoms with Crippen LogP contribution >= 0.6 is 11.8 Å². The molecule has 2 saturated heterocycles. The van der Waals surface area contributed by atoms with E-state index < -0.39 is 48.1 Å². The largest absolute Gasteiger partial charge is 0.457 e. The first-order chi connectivity index (χ1) is 19.0. The molecule has 9 heteroatoms. The fourth-order valence-electron chi connectivity index (χ4n) is 5.23. The number of fused-ring (bicyclic) bond motifs is 3. The summed E-state index contributed by atoms with van der Waals surface area (Å²) >= 11 is 1.48. The standard InChI is InChI=1S/C30H28O8S/c1-17(31)34-26-25-24(16-33-29(38-25)19-10-4-3-5-11-19)37-30(27(26)35-18(2)32)39-28-20-12-6-8-14-22(20)36-23-15-9-7-13-21(23)28/h3-15,24-30H,16H2,1-2H3/t24-,25-,26+,27-,29?,30+/m1/s1. The highest BCUT2D eigenvalue weighted by Gasteiger charge is 2.54. The number of esters is 2. The predicted molar refractivity (Wildman–Crippen MR) is 142 cm³/mol. The molecule has 0 radical (unpaired) electrons. The summed E-state index contributed by atoms with van der Waals surface area (Å²) in [5.41, 5.74) is 2.08. The molecule has 0 aromatic heterocycles. The van der Waals surface area contributed by atoms with Crippen molar-refractivity contribution in [2.24, 2.45) is 0 Å². The molecule has 3 aromatic rings. The monoisotopic (exact) mass is 548 g/mol. The van der Waals surface area contributed by atoms with Crippen molar-refractivity contribution < 1.29 is 38.0 Å². The molecule has 0 aliphatic carbocycles. The van der Waals surface area contributed by atoms with Crippen molar-refractivity contribution >= 4 is 23.7 Å². The van der Waals surface area contributed by atoms with E-state index in [1.165, 1.54) is 25.6 Å². The van der Waals surface area contributed by atoms with Crippen molar-refractivity contribution in [2.75, 3.05) is 6.61 Å². The number of carbonyl (C=O) groups is 2. The van der Waals surface area contributed by atoms with Gasteiger partial charge in [-0.15, -0.1) is 11.8 Å². The Labute approximate surface area is 230 Å². The molecule has 6 atom stereocenters. The summed E-state index contributed by atoms with van der Waals surface area (Å²) in [6, 6.07) is 25.1. The van der Waals surface area contributed by atoms with Gasteiger partial charge in [0.25, 0.3) is 0 Å². The summed E-state index contributed by atoms with van der Waals surface area (Å²) in [6.45, 7) is 2.87. The molecule has 1 unspecified atom stereocenters. The third-order valence-electron chi connectivity index (χ3n) is 6.85. The zero-order valence-corrected chi connectivity index (χ0v) is 22.2. The highest BCUT2D eigenvalue weighted by molar-refractivity contribution is 8.00. The summed E-state index contributed by atoms with van der Waals surface area (Å²) in [5.74, 6) is 0.481. The number of benzene rings is 3. The first-order valence-corrected chi connectivity index (χ1v) is 13.8. The van der Waals surface area contributed by atoms with Gasteiger partial charge in [-0.1, -0.05) is 66.7 Å². The van der Waals surface area contributed by atoms with Gasteiger partial charge in [-0.2, -0.15) is 0 Å². The molecule has 0 spiro atoms. The lowest BCUT2D eigenvalue weighted by Crippen LogP contribution is -2.63. The maximum absolute atomic E-state index is 12.3. The highest BCUT2D eigenvalue weighted by Crippen LogP contribution is 2.52. The first-order valence-electron chi connectivity index (χ1n) is 12.8. The molecule has 0 amide bonds. The van der Waals surface area contributed by atoms with Crippen molar-refractivity contribution in [3.8, 4) is 11.5 Å². The van der Waals surface area contributed by atoms with E-state index in [0.717, 1.165) is 28.2 Å². The van der Waals surface area contributed by atoms with Gasteiger partial charge in [-0.05, 0) is 12.1 Å². The van der Waals surface area contributed by atoms with Crippen molar-refractivity contribution in [3.63, 3.8) is 0 Å². The normalized spacial score (nSPS) is 27.7. The van der Waals surface area contributed by atoms with Crippen LogP contribution in [0.2, 0.25) is 0 Å². The van der Waals surface area contributed by atoms with E-state index in [4.69, 9.17) is 28.4 Å². The van der Waals surface area contributed by atoms with Gasteiger partial charge in [0, 0.05) is 30.5 Å². The molecular weight excluding hydrogens is 520 g/mol. The van der Waals surface area contributed by atoms with E-state index in [1.54, 1.807) is 0 Å². The van der Waals surface area contributed by atoms with Gasteiger partial charge >= 0.3 is 11.9 Å². The minimum atomic E-state index is -0.922. The van der Waals surface area contributed by atoms with Crippen molar-refractivity contribution in [2.45, 2.75) is 55.2 Å². The predicted octanol–water partition coefficient (Wildman–Crippen LogP) is 5.32. The van der Waals surface area contributed by atoms with Crippen molar-refractivity contribution in [1.82, 2.24) is 0 Å². The Balaban J connectivity index is 1.34. The molecule has 39 heavy (non-hydrogen) atoms. The smallest absolute Gasteiger partial charge is 0.303 e. The summed E-state index contributed by atoms with van der Waals surface area (Å²) in [5, 5.41) is -0.189. The molecule has 2 fully saturated rings. The average Bonchev–Trinajstić information content (AvgIpc) is 2.94. The molecule has 0 bridgehead atoms. The van der Waals surface area contributed by atoms with Gasteiger partial charge in [0.05, 0.1) is 11.9 Å². The molecule has 3 heterocycles. The molecular formula is C30H28O8S. The number of ether oxygens (including phenoxy) is 6. The van der Waals surface area contributed by atoms with Crippen LogP contribution in [0, 0.1) is 0 Å². The Hall–Kier alpha value is -3.37. The molecule has 8 nitrogen and oxygen atoms in total. The van der Waals surface area contributed by atoms with E-state index in [2.05, 4.69) is 0 Å². The quantitative estimate of drug-likeness (QED) is 0.393. The molecule has 3 aliphatic rings. The van der Waals surface area contributed by atoms with Crippen LogP contribution in [0.15, 0.2) is 78.9 Å². The van der Waals surface area contributed by atoms with Crippen LogP contribution in [-0.2, 0) is 33.3 Å². The zero-order valence-electron chi connectivity index (χ0n) is 21.4. The van der Waals surface area contributed by atoms with Crippen LogP contribution in [0.4, 0.5) is 0 Å². The lowest BCUT2D eigenvalue weighted by Gasteiger charge is -2.48. The lowest BCUT2D eigenvalue weighted by atomic mass is 9.98. The number of rotatable bonds is 5. The molecule has 6 rings (SSSR count). The van der Waals surface area contributed by atoms with Crippen molar-refractivity contribution in [3.05, 3.63) is 95.6 Å². The van der Waals surface area contributed by atoms with Crippen molar-refractivity contribution in [1.29, 1.82) is 0 Å². The first kappa shape index (κ1) is 25.9. The number of para-hydroxylation sites is 2. The molecule has 0 N–H and O–H groups in total. The number of thioether (sulfide) groups is 1. The Morgan fingerprint density at radius 2 is 1.36 bits per heavy atom. The molecule has 3 aromatic carbocycles. The van der Waals surface area contributed by atoms with E-state index in [1.807, 2.05) is 78.9 Å². The van der Waals surface area contributed by atoms with Crippen LogP contribution in [0.1, 0.15) is 42.1 Å². The summed E-state index contributed by atoms with van der Waals surface area (Å²) in [6.07, 6.45) is -3.75. The second-order valence-electron chi connectivity index (χ2n) is 9.56. The zero-order chi connectivity index (χ0) is 26.9. The maximum atomic E-state index is 12.3. The Morgan fingerprint density at radius 1 is 0.769 bits per heavy atom. The fraction of sp³-hybridized carbons (Fsp3) is 0.333. The number of hydrogen-bond acceptors (Lipinski definition) is 9. The number of hydrogen-bond donors (Lipinski definition) is 0. The third-order valence-corrected chi connectivity index (χ3v) is 8.28. The van der Waals surface area contributed by atoms with Gasteiger partial charge in [-0.25, -0.2) is 0 Å². The highest BCUT2D eigenvalue weighted by atomic mass is 32.2. The summed E-state index contributed by atoms with van der Waals surface area (Å²) in [4.78, 5) is 24.6. The topological polar surface area (TPSA) is 89.5 Å². The van der Waals surface area contributed by atoms with Crippen LogP contribution in [0.5, 0.6) is 11.5 Å². The Morgan fingerprint density at radius 3 is 2.00 bits per heavy atom. The fourth-order valence-corrected chi connectivity index (χ4v) is 6.75. The second kappa shape index (κ2) is 11.0. The molecule has 3 aliphatic heterocycles. The molecule has 0 saturated carbocycles. The van der Waals surface area contributed by atoms with Gasteiger partial charge in [0.15, 0.2) is 18.5 Å². The minimum Gasteiger partial charge on any atom is -0.457 e. The third kappa shape index (κ3) is 5.27. The van der Waals surface area contributed by atoms with Gasteiger partial charge in [-0.3, -0.25) is 9.59 Å². The Kier molecular flexibility index (Phi) is 7.31. The average molecular weight is 549 g/mol. The van der Waals surface area contributed by atoms with Gasteiger partial charge < -0.3 is 28.4 Å². The van der Waals surface area contributed by atoms with Gasteiger partial charge in [0.2, 0.25) is 0 Å². The van der Waals surface area contributed by atoms with E-state index >= 15 is 0 Å². The van der Waals surface area contributed by atoms with Crippen LogP contribution in [0.25, 0.3) is 0 Å².